The van der Waals surface area contributed by atoms with Crippen molar-refractivity contribution in [3.63, 3.8) is 0 Å². The Morgan fingerprint density at radius 2 is 2.23 bits per heavy atom. The molecule has 0 N–H and O–H groups in total. The molecular formula is C8H9NO4. The summed E-state index contributed by atoms with van der Waals surface area (Å²) in [6.45, 7) is 0. The molecule has 70 valence electrons. The van der Waals surface area contributed by atoms with Crippen LogP contribution in [-0.4, -0.2) is 38.3 Å². The third-order valence-electron chi connectivity index (χ3n) is 1.56. The molecule has 1 aliphatic heterocycles. The van der Waals surface area contributed by atoms with Gasteiger partial charge in [-0.2, -0.15) is 0 Å². The summed E-state index contributed by atoms with van der Waals surface area (Å²) < 4.78 is 9.16. The lowest BCUT2D eigenvalue weighted by Gasteiger charge is -2.10. The molecule has 0 aromatic heterocycles. The Hall–Kier alpha value is -1.49. The van der Waals surface area contributed by atoms with Gasteiger partial charge in [-0.1, -0.05) is 0 Å². The fourth-order valence-electron chi connectivity index (χ4n) is 0.869. The fourth-order valence-corrected chi connectivity index (χ4v) is 0.869. The largest absolute Gasteiger partial charge is 0.464 e. The van der Waals surface area contributed by atoms with Crippen molar-refractivity contribution >= 4 is 18.0 Å². The van der Waals surface area contributed by atoms with E-state index in [4.69, 9.17) is 4.74 Å². The van der Waals surface area contributed by atoms with Crippen LogP contribution in [0, 0.1) is 0 Å². The summed E-state index contributed by atoms with van der Waals surface area (Å²) in [5.41, 5.74) is 0.000741. The predicted molar refractivity (Wildman–Crippen MR) is 44.4 cm³/mol. The van der Waals surface area contributed by atoms with Crippen molar-refractivity contribution in [3.8, 4) is 0 Å². The van der Waals surface area contributed by atoms with E-state index in [0.29, 0.717) is 0 Å². The molecular weight excluding hydrogens is 174 g/mol. The maximum atomic E-state index is 11.2. The van der Waals surface area contributed by atoms with Gasteiger partial charge in [-0.05, 0) is 0 Å². The van der Waals surface area contributed by atoms with Gasteiger partial charge in [-0.3, -0.25) is 9.79 Å². The van der Waals surface area contributed by atoms with E-state index in [9.17, 15) is 9.59 Å². The van der Waals surface area contributed by atoms with E-state index in [1.165, 1.54) is 20.4 Å². The van der Waals surface area contributed by atoms with E-state index < -0.39 is 12.1 Å². The molecule has 1 unspecified atom stereocenters. The fraction of sp³-hybridized carbons (Fsp3) is 0.375. The molecule has 1 aliphatic rings. The summed E-state index contributed by atoms with van der Waals surface area (Å²) in [5.74, 6) is -0.933. The molecule has 0 aromatic rings. The first-order valence-corrected chi connectivity index (χ1v) is 3.60. The molecule has 0 amide bonds. The first kappa shape index (κ1) is 9.60. The number of rotatable bonds is 2. The maximum absolute atomic E-state index is 11.2. The van der Waals surface area contributed by atoms with Crippen molar-refractivity contribution in [2.45, 2.75) is 6.10 Å². The summed E-state index contributed by atoms with van der Waals surface area (Å²) in [7, 11) is 2.62. The second-order valence-corrected chi connectivity index (χ2v) is 2.36. The molecule has 0 saturated carbocycles. The smallest absolute Gasteiger partial charge is 0.356 e. The van der Waals surface area contributed by atoms with E-state index in [1.807, 2.05) is 0 Å². The minimum Gasteiger partial charge on any atom is -0.464 e. The van der Waals surface area contributed by atoms with Crippen LogP contribution in [0.5, 0.6) is 0 Å². The SMILES string of the molecule is COC(=O)C1=CC(=O)C(OC)C=N1. The zero-order chi connectivity index (χ0) is 9.84. The van der Waals surface area contributed by atoms with Gasteiger partial charge in [0.1, 0.15) is 0 Å². The summed E-state index contributed by atoms with van der Waals surface area (Å²) in [6.07, 6.45) is 1.70. The Balaban J connectivity index is 2.79. The Bertz CT molecular complexity index is 293. The summed E-state index contributed by atoms with van der Waals surface area (Å²) in [4.78, 5) is 25.8. The molecule has 0 saturated heterocycles. The average Bonchev–Trinajstić information content (AvgIpc) is 2.16. The Morgan fingerprint density at radius 1 is 1.54 bits per heavy atom. The maximum Gasteiger partial charge on any atom is 0.356 e. The van der Waals surface area contributed by atoms with Gasteiger partial charge in [0.05, 0.1) is 7.11 Å². The highest BCUT2D eigenvalue weighted by molar-refractivity contribution is 6.11. The van der Waals surface area contributed by atoms with Crippen LogP contribution in [0.2, 0.25) is 0 Å². The van der Waals surface area contributed by atoms with Gasteiger partial charge < -0.3 is 9.47 Å². The normalized spacial score (nSPS) is 21.2. The number of methoxy groups -OCH3 is 2. The molecule has 5 nitrogen and oxygen atoms in total. The van der Waals surface area contributed by atoms with Crippen molar-refractivity contribution in [1.29, 1.82) is 0 Å². The number of ketones is 1. The van der Waals surface area contributed by atoms with Crippen molar-refractivity contribution in [2.24, 2.45) is 4.99 Å². The topological polar surface area (TPSA) is 65.0 Å². The van der Waals surface area contributed by atoms with E-state index in [-0.39, 0.29) is 11.5 Å². The van der Waals surface area contributed by atoms with Crippen LogP contribution < -0.4 is 0 Å². The summed E-state index contributed by atoms with van der Waals surface area (Å²) in [5, 5.41) is 0. The van der Waals surface area contributed by atoms with E-state index in [1.54, 1.807) is 0 Å². The minimum absolute atomic E-state index is 0.000741. The van der Waals surface area contributed by atoms with Crippen LogP contribution in [-0.2, 0) is 19.1 Å². The molecule has 0 aliphatic carbocycles. The molecule has 0 fully saturated rings. The number of carbonyl (C=O) groups excluding carboxylic acids is 2. The average molecular weight is 183 g/mol. The Morgan fingerprint density at radius 3 is 2.69 bits per heavy atom. The lowest BCUT2D eigenvalue weighted by molar-refractivity contribution is -0.136. The molecule has 1 heterocycles. The highest BCUT2D eigenvalue weighted by Crippen LogP contribution is 2.07. The third kappa shape index (κ3) is 2.00. The number of aliphatic imine (C=N–C) groups is 1. The van der Waals surface area contributed by atoms with E-state index in [0.717, 1.165) is 6.08 Å². The molecule has 1 atom stereocenters. The number of esters is 1. The Labute approximate surface area is 75.0 Å². The zero-order valence-corrected chi connectivity index (χ0v) is 7.31. The van der Waals surface area contributed by atoms with Crippen LogP contribution >= 0.6 is 0 Å². The number of hydrogen-bond donors (Lipinski definition) is 0. The zero-order valence-electron chi connectivity index (χ0n) is 7.31. The van der Waals surface area contributed by atoms with Gasteiger partial charge >= 0.3 is 5.97 Å². The predicted octanol–water partition coefficient (Wildman–Crippen LogP) is -0.288. The van der Waals surface area contributed by atoms with E-state index >= 15 is 0 Å². The van der Waals surface area contributed by atoms with Gasteiger partial charge in [0.25, 0.3) is 0 Å². The summed E-state index contributed by atoms with van der Waals surface area (Å²) >= 11 is 0. The molecule has 0 aromatic carbocycles. The first-order valence-electron chi connectivity index (χ1n) is 3.60. The van der Waals surface area contributed by atoms with Gasteiger partial charge in [0.2, 0.25) is 0 Å². The van der Waals surface area contributed by atoms with Crippen molar-refractivity contribution in [1.82, 2.24) is 0 Å². The molecule has 0 bridgehead atoms. The first-order chi connectivity index (χ1) is 6.19. The molecule has 1 rings (SSSR count). The minimum atomic E-state index is -0.687. The van der Waals surface area contributed by atoms with Crippen molar-refractivity contribution in [3.05, 3.63) is 11.8 Å². The molecule has 0 spiro atoms. The summed E-state index contributed by atoms with van der Waals surface area (Å²) in [6, 6.07) is 0. The third-order valence-corrected chi connectivity index (χ3v) is 1.56. The standard InChI is InChI=1S/C8H9NO4/c1-12-7-4-9-5(3-6(7)10)8(11)13-2/h3-4,7H,1-2H3. The van der Waals surface area contributed by atoms with Gasteiger partial charge in [0.15, 0.2) is 17.6 Å². The number of carbonyl (C=O) groups is 2. The molecule has 0 radical (unpaired) electrons. The van der Waals surface area contributed by atoms with Crippen LogP contribution in [0.1, 0.15) is 0 Å². The quantitative estimate of drug-likeness (QED) is 0.552. The number of nitrogens with zero attached hydrogens (tertiary/aromatic N) is 1. The lowest BCUT2D eigenvalue weighted by atomic mass is 10.1. The van der Waals surface area contributed by atoms with Crippen LogP contribution in [0.25, 0.3) is 0 Å². The second-order valence-electron chi connectivity index (χ2n) is 2.36. The Kier molecular flexibility index (Phi) is 2.92. The molecule has 13 heavy (non-hydrogen) atoms. The number of ether oxygens (including phenoxy) is 2. The number of hydrogen-bond acceptors (Lipinski definition) is 5. The van der Waals surface area contributed by atoms with Gasteiger partial charge in [0, 0.05) is 19.4 Å². The second kappa shape index (κ2) is 3.95. The van der Waals surface area contributed by atoms with E-state index in [2.05, 4.69) is 9.73 Å². The van der Waals surface area contributed by atoms with Crippen molar-refractivity contribution in [2.75, 3.05) is 14.2 Å². The highest BCUT2D eigenvalue weighted by atomic mass is 16.5. The van der Waals surface area contributed by atoms with Crippen molar-refractivity contribution < 1.29 is 19.1 Å². The monoisotopic (exact) mass is 183 g/mol. The lowest BCUT2D eigenvalue weighted by Crippen LogP contribution is -2.27. The van der Waals surface area contributed by atoms with Crippen LogP contribution in [0.4, 0.5) is 0 Å². The highest BCUT2D eigenvalue weighted by Gasteiger charge is 2.21. The van der Waals surface area contributed by atoms with Gasteiger partial charge in [-0.25, -0.2) is 4.79 Å². The molecule has 5 heteroatoms. The van der Waals surface area contributed by atoms with Crippen LogP contribution in [0.15, 0.2) is 16.8 Å². The van der Waals surface area contributed by atoms with Crippen LogP contribution in [0.3, 0.4) is 0 Å². The van der Waals surface area contributed by atoms with Gasteiger partial charge in [-0.15, -0.1) is 0 Å².